The Kier molecular flexibility index (Phi) is 3.60. The molecule has 1 aliphatic carbocycles. The van der Waals surface area contributed by atoms with Crippen LogP contribution in [0, 0.1) is 6.92 Å². The second-order valence-electron chi connectivity index (χ2n) is 6.36. The second-order valence-corrected chi connectivity index (χ2v) is 6.36. The van der Waals surface area contributed by atoms with Gasteiger partial charge in [-0.1, -0.05) is 27.7 Å². The number of rotatable bonds is 4. The van der Waals surface area contributed by atoms with Crippen LogP contribution in [0.1, 0.15) is 70.0 Å². The molecular weight excluding hydrogens is 222 g/mol. The number of hydrogen-bond donors (Lipinski definition) is 1. The average molecular weight is 247 g/mol. The lowest BCUT2D eigenvalue weighted by Gasteiger charge is -2.21. The molecule has 0 bridgehead atoms. The Morgan fingerprint density at radius 2 is 1.89 bits per heavy atom. The van der Waals surface area contributed by atoms with Crippen LogP contribution in [0.15, 0.2) is 0 Å². The number of anilines is 1. The normalized spacial score (nSPS) is 15.8. The van der Waals surface area contributed by atoms with E-state index in [0.717, 1.165) is 24.6 Å². The Balaban J connectivity index is 2.40. The van der Waals surface area contributed by atoms with Crippen LogP contribution in [0.4, 0.5) is 5.82 Å². The fourth-order valence-corrected chi connectivity index (χ4v) is 2.04. The fraction of sp³-hybridized carbons (Fsp3) is 0.733. The lowest BCUT2D eigenvalue weighted by atomic mass is 9.95. The number of aromatic nitrogens is 2. The lowest BCUT2D eigenvalue weighted by molar-refractivity contribution is 0.541. The summed E-state index contributed by atoms with van der Waals surface area (Å²) in [7, 11) is 0. The smallest absolute Gasteiger partial charge is 0.136 e. The zero-order chi connectivity index (χ0) is 13.3. The highest BCUT2D eigenvalue weighted by Crippen LogP contribution is 2.42. The number of hydrogen-bond acceptors (Lipinski definition) is 3. The van der Waals surface area contributed by atoms with Gasteiger partial charge in [0.25, 0.3) is 0 Å². The molecule has 0 aromatic carbocycles. The molecular formula is C15H25N3. The van der Waals surface area contributed by atoms with Gasteiger partial charge in [0.05, 0.1) is 5.69 Å². The third-order valence-corrected chi connectivity index (χ3v) is 3.36. The first kappa shape index (κ1) is 13.3. The van der Waals surface area contributed by atoms with E-state index in [2.05, 4.69) is 39.9 Å². The number of nitrogens with one attached hydrogen (secondary N) is 1. The molecule has 0 spiro atoms. The summed E-state index contributed by atoms with van der Waals surface area (Å²) in [5, 5.41) is 3.45. The average Bonchev–Trinajstić information content (AvgIpc) is 3.10. The highest BCUT2D eigenvalue weighted by atomic mass is 15.0. The molecule has 18 heavy (non-hydrogen) atoms. The first-order valence-corrected chi connectivity index (χ1v) is 7.06. The van der Waals surface area contributed by atoms with Gasteiger partial charge in [-0.25, -0.2) is 9.97 Å². The van der Waals surface area contributed by atoms with Crippen LogP contribution in [0.3, 0.4) is 0 Å². The highest BCUT2D eigenvalue weighted by Gasteiger charge is 2.30. The van der Waals surface area contributed by atoms with Crippen LogP contribution in [-0.2, 0) is 5.41 Å². The molecule has 0 unspecified atom stereocenters. The van der Waals surface area contributed by atoms with Crippen molar-refractivity contribution in [2.75, 3.05) is 11.9 Å². The largest absolute Gasteiger partial charge is 0.370 e. The van der Waals surface area contributed by atoms with Crippen molar-refractivity contribution < 1.29 is 0 Å². The van der Waals surface area contributed by atoms with Crippen LogP contribution >= 0.6 is 0 Å². The maximum atomic E-state index is 4.82. The van der Waals surface area contributed by atoms with Crippen molar-refractivity contribution in [1.82, 2.24) is 9.97 Å². The summed E-state index contributed by atoms with van der Waals surface area (Å²) < 4.78 is 0. The van der Waals surface area contributed by atoms with Gasteiger partial charge in [-0.3, -0.25) is 0 Å². The molecule has 0 radical (unpaired) electrons. The van der Waals surface area contributed by atoms with E-state index in [1.807, 2.05) is 0 Å². The van der Waals surface area contributed by atoms with E-state index in [9.17, 15) is 0 Å². The van der Waals surface area contributed by atoms with Crippen LogP contribution in [0.25, 0.3) is 0 Å². The monoisotopic (exact) mass is 247 g/mol. The van der Waals surface area contributed by atoms with E-state index in [4.69, 9.17) is 9.97 Å². The molecule has 1 heterocycles. The highest BCUT2D eigenvalue weighted by molar-refractivity contribution is 5.48. The van der Waals surface area contributed by atoms with Crippen molar-refractivity contribution in [1.29, 1.82) is 0 Å². The van der Waals surface area contributed by atoms with Crippen LogP contribution in [0.2, 0.25) is 0 Å². The predicted molar refractivity (Wildman–Crippen MR) is 76.2 cm³/mol. The van der Waals surface area contributed by atoms with Gasteiger partial charge in [0.15, 0.2) is 0 Å². The summed E-state index contributed by atoms with van der Waals surface area (Å²) in [4.78, 5) is 9.55. The molecule has 0 amide bonds. The maximum absolute atomic E-state index is 4.82. The van der Waals surface area contributed by atoms with Gasteiger partial charge in [0.2, 0.25) is 0 Å². The van der Waals surface area contributed by atoms with Gasteiger partial charge in [-0.05, 0) is 26.2 Å². The maximum Gasteiger partial charge on any atom is 0.136 e. The quantitative estimate of drug-likeness (QED) is 0.879. The standard InChI is InChI=1S/C15H25N3/c1-6-9-16-13-10(2)12(11-7-8-11)17-14(18-13)15(3,4)5/h11H,6-9H2,1-5H3,(H,16,17,18). The molecule has 1 aromatic heterocycles. The summed E-state index contributed by atoms with van der Waals surface area (Å²) >= 11 is 0. The van der Waals surface area contributed by atoms with Crippen molar-refractivity contribution in [3.63, 3.8) is 0 Å². The third-order valence-electron chi connectivity index (χ3n) is 3.36. The third kappa shape index (κ3) is 2.82. The molecule has 3 nitrogen and oxygen atoms in total. The van der Waals surface area contributed by atoms with Gasteiger partial charge in [-0.2, -0.15) is 0 Å². The zero-order valence-corrected chi connectivity index (χ0v) is 12.3. The van der Waals surface area contributed by atoms with Gasteiger partial charge >= 0.3 is 0 Å². The van der Waals surface area contributed by atoms with Crippen molar-refractivity contribution in [3.8, 4) is 0 Å². The Labute approximate surface area is 110 Å². The fourth-order valence-electron chi connectivity index (χ4n) is 2.04. The lowest BCUT2D eigenvalue weighted by Crippen LogP contribution is -2.19. The zero-order valence-electron chi connectivity index (χ0n) is 12.3. The van der Waals surface area contributed by atoms with E-state index in [0.29, 0.717) is 5.92 Å². The van der Waals surface area contributed by atoms with Crippen LogP contribution in [0.5, 0.6) is 0 Å². The van der Waals surface area contributed by atoms with Crippen molar-refractivity contribution in [3.05, 3.63) is 17.1 Å². The van der Waals surface area contributed by atoms with Gasteiger partial charge < -0.3 is 5.32 Å². The van der Waals surface area contributed by atoms with E-state index < -0.39 is 0 Å². The van der Waals surface area contributed by atoms with Crippen LogP contribution < -0.4 is 5.32 Å². The first-order valence-electron chi connectivity index (χ1n) is 7.06. The molecule has 1 N–H and O–H groups in total. The topological polar surface area (TPSA) is 37.8 Å². The van der Waals surface area contributed by atoms with Crippen molar-refractivity contribution in [2.45, 2.75) is 65.2 Å². The molecule has 1 aromatic rings. The number of nitrogens with zero attached hydrogens (tertiary/aromatic N) is 2. The molecule has 0 aliphatic heterocycles. The van der Waals surface area contributed by atoms with E-state index in [1.54, 1.807) is 0 Å². The molecule has 2 rings (SSSR count). The van der Waals surface area contributed by atoms with E-state index in [1.165, 1.54) is 24.1 Å². The molecule has 0 atom stereocenters. The van der Waals surface area contributed by atoms with E-state index >= 15 is 0 Å². The van der Waals surface area contributed by atoms with Crippen LogP contribution in [-0.4, -0.2) is 16.5 Å². The Morgan fingerprint density at radius 1 is 1.22 bits per heavy atom. The van der Waals surface area contributed by atoms with Gasteiger partial charge in [0.1, 0.15) is 11.6 Å². The van der Waals surface area contributed by atoms with Crippen molar-refractivity contribution >= 4 is 5.82 Å². The van der Waals surface area contributed by atoms with Gasteiger partial charge in [-0.15, -0.1) is 0 Å². The summed E-state index contributed by atoms with van der Waals surface area (Å²) in [6, 6.07) is 0. The molecule has 3 heteroatoms. The summed E-state index contributed by atoms with van der Waals surface area (Å²) in [5.41, 5.74) is 2.53. The molecule has 1 saturated carbocycles. The Bertz CT molecular complexity index is 428. The van der Waals surface area contributed by atoms with Gasteiger partial charge in [0, 0.05) is 23.4 Å². The second kappa shape index (κ2) is 4.87. The molecule has 1 aliphatic rings. The Hall–Kier alpha value is -1.12. The first-order chi connectivity index (χ1) is 8.43. The van der Waals surface area contributed by atoms with Crippen molar-refractivity contribution in [2.24, 2.45) is 0 Å². The molecule has 1 fully saturated rings. The van der Waals surface area contributed by atoms with E-state index in [-0.39, 0.29) is 5.41 Å². The SMILES string of the molecule is CCCNc1nc(C(C)(C)C)nc(C2CC2)c1C. The molecule has 0 saturated heterocycles. The summed E-state index contributed by atoms with van der Waals surface area (Å²) in [6.45, 7) is 11.8. The summed E-state index contributed by atoms with van der Waals surface area (Å²) in [5.74, 6) is 2.68. The predicted octanol–water partition coefficient (Wildman–Crippen LogP) is 3.78. The summed E-state index contributed by atoms with van der Waals surface area (Å²) in [6.07, 6.45) is 3.69. The Morgan fingerprint density at radius 3 is 2.39 bits per heavy atom. The molecule has 100 valence electrons. The minimum atomic E-state index is 0.0139. The minimum absolute atomic E-state index is 0.0139. The minimum Gasteiger partial charge on any atom is -0.370 e.